The molecule has 0 unspecified atom stereocenters. The summed E-state index contributed by atoms with van der Waals surface area (Å²) in [6.45, 7) is 4.11. The molecule has 0 aliphatic carbocycles. The first kappa shape index (κ1) is 16.6. The van der Waals surface area contributed by atoms with Gasteiger partial charge in [0, 0.05) is 11.0 Å². The Bertz CT molecular complexity index is 460. The van der Waals surface area contributed by atoms with E-state index in [9.17, 15) is 8.42 Å². The van der Waals surface area contributed by atoms with Crippen LogP contribution in [0.2, 0.25) is 0 Å². The van der Waals surface area contributed by atoms with E-state index < -0.39 is 10.0 Å². The molecule has 0 fully saturated rings. The lowest BCUT2D eigenvalue weighted by atomic mass is 10.2. The number of rotatable bonds is 9. The van der Waals surface area contributed by atoms with Gasteiger partial charge in [-0.15, -0.1) is 0 Å². The van der Waals surface area contributed by atoms with Crippen molar-refractivity contribution in [1.82, 2.24) is 10.0 Å². The molecule has 0 saturated carbocycles. The third-order valence-electron chi connectivity index (χ3n) is 2.60. The number of hydrogen-bond donors (Lipinski definition) is 2. The molecule has 0 aliphatic rings. The lowest BCUT2D eigenvalue weighted by Crippen LogP contribution is -2.28. The predicted octanol–water partition coefficient (Wildman–Crippen LogP) is 2.26. The Kier molecular flexibility index (Phi) is 7.60. The summed E-state index contributed by atoms with van der Waals surface area (Å²) in [7, 11) is -3.18. The topological polar surface area (TPSA) is 58.2 Å². The molecule has 0 heterocycles. The van der Waals surface area contributed by atoms with E-state index in [1.165, 1.54) is 0 Å². The second-order valence-corrected chi connectivity index (χ2v) is 7.21. The third kappa shape index (κ3) is 7.67. The van der Waals surface area contributed by atoms with Gasteiger partial charge < -0.3 is 5.32 Å². The van der Waals surface area contributed by atoms with Gasteiger partial charge in [-0.3, -0.25) is 0 Å². The standard InChI is InChI=1S/C13H21BrN2O2S/c1-2-8-15-9-3-10-19(17,18)16-11-12-4-6-13(14)7-5-12/h4-7,15-16H,2-3,8-11H2,1H3. The maximum atomic E-state index is 11.8. The first-order chi connectivity index (χ1) is 9.03. The molecule has 1 aromatic carbocycles. The van der Waals surface area contributed by atoms with E-state index in [0.29, 0.717) is 13.0 Å². The summed E-state index contributed by atoms with van der Waals surface area (Å²) in [5.74, 6) is 0.167. The Hall–Kier alpha value is -0.430. The molecule has 108 valence electrons. The molecule has 0 amide bonds. The fraction of sp³-hybridized carbons (Fsp3) is 0.538. The van der Waals surface area contributed by atoms with E-state index in [2.05, 4.69) is 32.9 Å². The minimum atomic E-state index is -3.18. The van der Waals surface area contributed by atoms with E-state index in [4.69, 9.17) is 0 Å². The summed E-state index contributed by atoms with van der Waals surface area (Å²) in [5, 5.41) is 3.19. The van der Waals surface area contributed by atoms with Crippen molar-refractivity contribution in [2.24, 2.45) is 0 Å². The molecule has 0 bridgehead atoms. The maximum Gasteiger partial charge on any atom is 0.211 e. The summed E-state index contributed by atoms with van der Waals surface area (Å²) in [6.07, 6.45) is 1.70. The zero-order valence-corrected chi connectivity index (χ0v) is 13.6. The van der Waals surface area contributed by atoms with Crippen LogP contribution in [0, 0.1) is 0 Å². The highest BCUT2D eigenvalue weighted by atomic mass is 79.9. The van der Waals surface area contributed by atoms with Crippen LogP contribution in [-0.4, -0.2) is 27.3 Å². The molecule has 1 rings (SSSR count). The van der Waals surface area contributed by atoms with Crippen LogP contribution in [0.25, 0.3) is 0 Å². The SMILES string of the molecule is CCCNCCCS(=O)(=O)NCc1ccc(Br)cc1. The first-order valence-corrected chi connectivity index (χ1v) is 8.90. The molecule has 4 nitrogen and oxygen atoms in total. The van der Waals surface area contributed by atoms with Crippen molar-refractivity contribution in [3.63, 3.8) is 0 Å². The Balaban J connectivity index is 2.28. The van der Waals surface area contributed by atoms with Gasteiger partial charge in [0.25, 0.3) is 0 Å². The average Bonchev–Trinajstić information content (AvgIpc) is 2.38. The first-order valence-electron chi connectivity index (χ1n) is 6.46. The monoisotopic (exact) mass is 348 g/mol. The minimum Gasteiger partial charge on any atom is -0.317 e. The van der Waals surface area contributed by atoms with Crippen LogP contribution in [0.3, 0.4) is 0 Å². The molecule has 0 aliphatic heterocycles. The highest BCUT2D eigenvalue weighted by Crippen LogP contribution is 2.10. The second-order valence-electron chi connectivity index (χ2n) is 4.37. The smallest absolute Gasteiger partial charge is 0.211 e. The molecule has 0 saturated heterocycles. The van der Waals surface area contributed by atoms with Crippen LogP contribution < -0.4 is 10.0 Å². The van der Waals surface area contributed by atoms with E-state index in [0.717, 1.165) is 29.5 Å². The van der Waals surface area contributed by atoms with E-state index in [-0.39, 0.29) is 5.75 Å². The summed E-state index contributed by atoms with van der Waals surface area (Å²) in [5.41, 5.74) is 0.955. The minimum absolute atomic E-state index is 0.167. The largest absolute Gasteiger partial charge is 0.317 e. The number of halogens is 1. The summed E-state index contributed by atoms with van der Waals surface area (Å²) in [4.78, 5) is 0. The van der Waals surface area contributed by atoms with Crippen molar-refractivity contribution in [2.75, 3.05) is 18.8 Å². The van der Waals surface area contributed by atoms with Gasteiger partial charge in [0.15, 0.2) is 0 Å². The maximum absolute atomic E-state index is 11.8. The van der Waals surface area contributed by atoms with Gasteiger partial charge >= 0.3 is 0 Å². The molecular weight excluding hydrogens is 328 g/mol. The number of nitrogens with one attached hydrogen (secondary N) is 2. The highest BCUT2D eigenvalue weighted by molar-refractivity contribution is 9.10. The fourth-order valence-corrected chi connectivity index (χ4v) is 2.88. The molecule has 0 atom stereocenters. The Morgan fingerprint density at radius 1 is 1.16 bits per heavy atom. The molecule has 0 aromatic heterocycles. The Morgan fingerprint density at radius 3 is 2.47 bits per heavy atom. The predicted molar refractivity (Wildman–Crippen MR) is 82.5 cm³/mol. The van der Waals surface area contributed by atoms with E-state index >= 15 is 0 Å². The number of hydrogen-bond acceptors (Lipinski definition) is 3. The number of benzene rings is 1. The third-order valence-corrected chi connectivity index (χ3v) is 4.54. The summed E-state index contributed by atoms with van der Waals surface area (Å²) >= 11 is 3.35. The van der Waals surface area contributed by atoms with Crippen molar-refractivity contribution < 1.29 is 8.42 Å². The van der Waals surface area contributed by atoms with Crippen molar-refractivity contribution in [2.45, 2.75) is 26.3 Å². The zero-order valence-electron chi connectivity index (χ0n) is 11.2. The van der Waals surface area contributed by atoms with Crippen LogP contribution in [0.1, 0.15) is 25.3 Å². The van der Waals surface area contributed by atoms with Crippen LogP contribution in [0.4, 0.5) is 0 Å². The van der Waals surface area contributed by atoms with Gasteiger partial charge in [-0.05, 0) is 43.6 Å². The normalized spacial score (nSPS) is 11.7. The summed E-state index contributed by atoms with van der Waals surface area (Å²) < 4.78 is 27.1. The van der Waals surface area contributed by atoms with Crippen molar-refractivity contribution in [3.05, 3.63) is 34.3 Å². The molecule has 0 radical (unpaired) electrons. The average molecular weight is 349 g/mol. The Labute approximate surface area is 124 Å². The van der Waals surface area contributed by atoms with Crippen molar-refractivity contribution >= 4 is 26.0 Å². The summed E-state index contributed by atoms with van der Waals surface area (Å²) in [6, 6.07) is 7.60. The molecule has 19 heavy (non-hydrogen) atoms. The lowest BCUT2D eigenvalue weighted by Gasteiger charge is -2.07. The molecule has 1 aromatic rings. The van der Waals surface area contributed by atoms with Gasteiger partial charge in [0.1, 0.15) is 0 Å². The quantitative estimate of drug-likeness (QED) is 0.673. The van der Waals surface area contributed by atoms with Crippen LogP contribution >= 0.6 is 15.9 Å². The van der Waals surface area contributed by atoms with Crippen molar-refractivity contribution in [1.29, 1.82) is 0 Å². The Morgan fingerprint density at radius 2 is 1.84 bits per heavy atom. The molecule has 6 heteroatoms. The van der Waals surface area contributed by atoms with Gasteiger partial charge in [0.05, 0.1) is 5.75 Å². The fourth-order valence-electron chi connectivity index (χ4n) is 1.56. The molecule has 2 N–H and O–H groups in total. The van der Waals surface area contributed by atoms with Crippen LogP contribution in [0.15, 0.2) is 28.7 Å². The van der Waals surface area contributed by atoms with Crippen LogP contribution in [0.5, 0.6) is 0 Å². The van der Waals surface area contributed by atoms with E-state index in [1.54, 1.807) is 0 Å². The van der Waals surface area contributed by atoms with Gasteiger partial charge in [-0.1, -0.05) is 35.0 Å². The van der Waals surface area contributed by atoms with Gasteiger partial charge in [-0.2, -0.15) is 0 Å². The lowest BCUT2D eigenvalue weighted by molar-refractivity contribution is 0.574. The molecule has 0 spiro atoms. The zero-order chi connectivity index (χ0) is 14.1. The second kappa shape index (κ2) is 8.68. The molecular formula is C13H21BrN2O2S. The van der Waals surface area contributed by atoms with Crippen molar-refractivity contribution in [3.8, 4) is 0 Å². The van der Waals surface area contributed by atoms with Gasteiger partial charge in [0.2, 0.25) is 10.0 Å². The van der Waals surface area contributed by atoms with Crippen LogP contribution in [-0.2, 0) is 16.6 Å². The number of sulfonamides is 1. The van der Waals surface area contributed by atoms with E-state index in [1.807, 2.05) is 24.3 Å². The van der Waals surface area contributed by atoms with Gasteiger partial charge in [-0.25, -0.2) is 13.1 Å². The highest BCUT2D eigenvalue weighted by Gasteiger charge is 2.09.